The molecule has 1 aromatic heterocycles. The van der Waals surface area contributed by atoms with Crippen molar-refractivity contribution in [2.24, 2.45) is 5.10 Å². The minimum Gasteiger partial charge on any atom is -0.497 e. The second-order valence-electron chi connectivity index (χ2n) is 5.98. The van der Waals surface area contributed by atoms with Gasteiger partial charge in [-0.3, -0.25) is 9.10 Å². The van der Waals surface area contributed by atoms with Crippen molar-refractivity contribution in [2.45, 2.75) is 4.90 Å². The number of halogens is 1. The number of carbonyl (C=O) groups is 1. The lowest BCUT2D eigenvalue weighted by Gasteiger charge is -2.24. The first kappa shape index (κ1) is 21.8. The molecule has 2 aromatic carbocycles. The van der Waals surface area contributed by atoms with E-state index < -0.39 is 22.5 Å². The molecule has 3 aromatic rings. The normalized spacial score (nSPS) is 11.4. The van der Waals surface area contributed by atoms with Crippen LogP contribution in [-0.2, 0) is 14.8 Å². The van der Waals surface area contributed by atoms with Gasteiger partial charge in [0.05, 0.1) is 23.9 Å². The van der Waals surface area contributed by atoms with Crippen LogP contribution in [0.1, 0.15) is 4.88 Å². The summed E-state index contributed by atoms with van der Waals surface area (Å²) >= 11 is 7.50. The highest BCUT2D eigenvalue weighted by molar-refractivity contribution is 7.92. The maximum atomic E-state index is 13.3. The number of hydrogen-bond donors (Lipinski definition) is 1. The number of methoxy groups -OCH3 is 1. The summed E-state index contributed by atoms with van der Waals surface area (Å²) in [4.78, 5) is 13.3. The summed E-state index contributed by atoms with van der Waals surface area (Å²) < 4.78 is 32.6. The van der Waals surface area contributed by atoms with E-state index in [4.69, 9.17) is 16.3 Å². The van der Waals surface area contributed by atoms with Crippen LogP contribution < -0.4 is 14.5 Å². The molecule has 0 fully saturated rings. The van der Waals surface area contributed by atoms with Crippen LogP contribution in [0.5, 0.6) is 5.75 Å². The zero-order valence-electron chi connectivity index (χ0n) is 15.9. The molecule has 3 rings (SSSR count). The van der Waals surface area contributed by atoms with E-state index in [9.17, 15) is 13.2 Å². The van der Waals surface area contributed by atoms with Gasteiger partial charge in [-0.2, -0.15) is 5.10 Å². The first-order valence-electron chi connectivity index (χ1n) is 8.68. The predicted octanol–water partition coefficient (Wildman–Crippen LogP) is 3.76. The van der Waals surface area contributed by atoms with Gasteiger partial charge in [-0.1, -0.05) is 23.7 Å². The zero-order valence-corrected chi connectivity index (χ0v) is 18.2. The third-order valence-corrected chi connectivity index (χ3v) is 6.79. The molecule has 7 nitrogen and oxygen atoms in total. The highest BCUT2D eigenvalue weighted by atomic mass is 35.5. The number of carbonyl (C=O) groups excluding carboxylic acids is 1. The molecule has 0 aliphatic rings. The monoisotopic (exact) mass is 463 g/mol. The Morgan fingerprint density at radius 3 is 2.60 bits per heavy atom. The van der Waals surface area contributed by atoms with Crippen molar-refractivity contribution in [3.63, 3.8) is 0 Å². The second kappa shape index (κ2) is 9.75. The van der Waals surface area contributed by atoms with Crippen molar-refractivity contribution >= 4 is 50.8 Å². The van der Waals surface area contributed by atoms with Gasteiger partial charge in [0, 0.05) is 9.90 Å². The van der Waals surface area contributed by atoms with Gasteiger partial charge >= 0.3 is 0 Å². The molecule has 30 heavy (non-hydrogen) atoms. The third kappa shape index (κ3) is 5.38. The van der Waals surface area contributed by atoms with Crippen LogP contribution in [0.4, 0.5) is 5.69 Å². The molecule has 0 aliphatic carbocycles. The van der Waals surface area contributed by atoms with Crippen LogP contribution in [0, 0.1) is 0 Å². The van der Waals surface area contributed by atoms with Gasteiger partial charge in [0.25, 0.3) is 15.9 Å². The summed E-state index contributed by atoms with van der Waals surface area (Å²) in [7, 11) is -2.56. The number of anilines is 1. The van der Waals surface area contributed by atoms with Gasteiger partial charge in [0.1, 0.15) is 12.3 Å². The number of amides is 1. The molecule has 156 valence electrons. The van der Waals surface area contributed by atoms with Gasteiger partial charge in [0.15, 0.2) is 0 Å². The topological polar surface area (TPSA) is 88.1 Å². The molecule has 0 unspecified atom stereocenters. The standard InChI is InChI=1S/C20H18ClN3O4S2/c1-28-17-7-9-19(10-8-17)30(26,27)24(16-5-2-4-15(21)12-16)14-20(25)23-22-13-18-6-3-11-29-18/h2-13H,14H2,1H3,(H,23,25)/b22-13-. The van der Waals surface area contributed by atoms with Crippen LogP contribution in [0.15, 0.2) is 76.0 Å². The Labute approximate surface area is 183 Å². The van der Waals surface area contributed by atoms with Gasteiger partial charge in [-0.25, -0.2) is 13.8 Å². The molecule has 0 aliphatic heterocycles. The van der Waals surface area contributed by atoms with Gasteiger partial charge in [0.2, 0.25) is 0 Å². The molecular formula is C20H18ClN3O4S2. The largest absolute Gasteiger partial charge is 0.497 e. The number of sulfonamides is 1. The van der Waals surface area contributed by atoms with Crippen molar-refractivity contribution in [3.8, 4) is 5.75 Å². The predicted molar refractivity (Wildman–Crippen MR) is 119 cm³/mol. The second-order valence-corrected chi connectivity index (χ2v) is 9.25. The fourth-order valence-electron chi connectivity index (χ4n) is 2.52. The SMILES string of the molecule is COc1ccc(S(=O)(=O)N(CC(=O)N/N=C\c2cccs2)c2cccc(Cl)c2)cc1. The quantitative estimate of drug-likeness (QED) is 0.407. The molecule has 0 radical (unpaired) electrons. The van der Waals surface area contributed by atoms with E-state index in [1.165, 1.54) is 55.0 Å². The molecule has 0 spiro atoms. The number of nitrogens with zero attached hydrogens (tertiary/aromatic N) is 2. The van der Waals surface area contributed by atoms with Crippen molar-refractivity contribution < 1.29 is 17.9 Å². The molecule has 10 heteroatoms. The number of hydrazone groups is 1. The Bertz CT molecular complexity index is 1130. The maximum absolute atomic E-state index is 13.3. The van der Waals surface area contributed by atoms with E-state index in [1.807, 2.05) is 17.5 Å². The smallest absolute Gasteiger partial charge is 0.264 e. The van der Waals surface area contributed by atoms with Crippen LogP contribution in [0.2, 0.25) is 5.02 Å². The first-order valence-corrected chi connectivity index (χ1v) is 11.4. The molecule has 0 atom stereocenters. The number of nitrogens with one attached hydrogen (secondary N) is 1. The molecule has 0 bridgehead atoms. The average Bonchev–Trinajstić information content (AvgIpc) is 3.25. The number of benzene rings is 2. The van der Waals surface area contributed by atoms with E-state index in [-0.39, 0.29) is 10.6 Å². The molecule has 1 heterocycles. The van der Waals surface area contributed by atoms with Crippen molar-refractivity contribution in [3.05, 3.63) is 75.9 Å². The van der Waals surface area contributed by atoms with Gasteiger partial charge < -0.3 is 4.74 Å². The van der Waals surface area contributed by atoms with E-state index in [2.05, 4.69) is 10.5 Å². The van der Waals surface area contributed by atoms with E-state index in [0.29, 0.717) is 10.8 Å². The van der Waals surface area contributed by atoms with Gasteiger partial charge in [-0.15, -0.1) is 11.3 Å². The molecule has 0 saturated carbocycles. The lowest BCUT2D eigenvalue weighted by atomic mass is 10.3. The van der Waals surface area contributed by atoms with E-state index in [1.54, 1.807) is 18.2 Å². The van der Waals surface area contributed by atoms with E-state index >= 15 is 0 Å². The molecule has 1 amide bonds. The Morgan fingerprint density at radius 2 is 1.97 bits per heavy atom. The Balaban J connectivity index is 1.87. The lowest BCUT2D eigenvalue weighted by Crippen LogP contribution is -2.39. The van der Waals surface area contributed by atoms with Crippen LogP contribution in [0.25, 0.3) is 0 Å². The minimum absolute atomic E-state index is 0.0122. The summed E-state index contributed by atoms with van der Waals surface area (Å²) in [6.07, 6.45) is 1.49. The van der Waals surface area contributed by atoms with Crippen LogP contribution in [0.3, 0.4) is 0 Å². The fourth-order valence-corrected chi connectivity index (χ4v) is 4.70. The van der Waals surface area contributed by atoms with Crippen molar-refractivity contribution in [1.82, 2.24) is 5.43 Å². The fraction of sp³-hybridized carbons (Fsp3) is 0.100. The molecule has 0 saturated heterocycles. The summed E-state index contributed by atoms with van der Waals surface area (Å²) in [6, 6.07) is 15.9. The van der Waals surface area contributed by atoms with Crippen molar-refractivity contribution in [1.29, 1.82) is 0 Å². The lowest BCUT2D eigenvalue weighted by molar-refractivity contribution is -0.119. The van der Waals surface area contributed by atoms with E-state index in [0.717, 1.165) is 9.18 Å². The summed E-state index contributed by atoms with van der Waals surface area (Å²) in [5.74, 6) is -0.0798. The third-order valence-electron chi connectivity index (χ3n) is 3.96. The summed E-state index contributed by atoms with van der Waals surface area (Å²) in [6.45, 7) is -0.476. The summed E-state index contributed by atoms with van der Waals surface area (Å²) in [5, 5.41) is 6.10. The Kier molecular flexibility index (Phi) is 7.09. The number of rotatable bonds is 8. The highest BCUT2D eigenvalue weighted by Crippen LogP contribution is 2.27. The average molecular weight is 464 g/mol. The minimum atomic E-state index is -4.05. The number of thiophene rings is 1. The van der Waals surface area contributed by atoms with Gasteiger partial charge in [-0.05, 0) is 53.9 Å². The Hall–Kier alpha value is -2.88. The summed E-state index contributed by atoms with van der Waals surface area (Å²) in [5.41, 5.74) is 2.62. The number of ether oxygens (including phenoxy) is 1. The zero-order chi connectivity index (χ0) is 21.6. The Morgan fingerprint density at radius 1 is 1.20 bits per heavy atom. The van der Waals surface area contributed by atoms with Crippen LogP contribution in [-0.4, -0.2) is 34.2 Å². The van der Waals surface area contributed by atoms with Crippen LogP contribution >= 0.6 is 22.9 Å². The maximum Gasteiger partial charge on any atom is 0.264 e. The molecule has 1 N–H and O–H groups in total. The highest BCUT2D eigenvalue weighted by Gasteiger charge is 2.27. The van der Waals surface area contributed by atoms with Crippen molar-refractivity contribution in [2.75, 3.05) is 18.0 Å². The molecular weight excluding hydrogens is 446 g/mol. The first-order chi connectivity index (χ1) is 14.4. The number of hydrogen-bond acceptors (Lipinski definition) is 6.